The molecule has 0 aromatic heterocycles. The largest absolute Gasteiger partial charge is 0.497 e. The Kier molecular flexibility index (Phi) is 7.57. The Balaban J connectivity index is 1.70. The number of oxime groups is 1. The summed E-state index contributed by atoms with van der Waals surface area (Å²) in [5.74, 6) is -1.47. The zero-order chi connectivity index (χ0) is 19.6. The first-order valence-electron chi connectivity index (χ1n) is 7.68. The second-order valence-electron chi connectivity index (χ2n) is 5.11. The Morgan fingerprint density at radius 3 is 2.63 bits per heavy atom. The van der Waals surface area contributed by atoms with Gasteiger partial charge < -0.3 is 19.6 Å². The van der Waals surface area contributed by atoms with Gasteiger partial charge in [-0.1, -0.05) is 16.8 Å². The molecule has 0 aliphatic rings. The Labute approximate surface area is 159 Å². The molecule has 0 aliphatic carbocycles. The second kappa shape index (κ2) is 10.1. The minimum absolute atomic E-state index is 0.108. The van der Waals surface area contributed by atoms with Crippen molar-refractivity contribution in [3.63, 3.8) is 0 Å². The summed E-state index contributed by atoms with van der Waals surface area (Å²) in [6, 6.07) is 10.7. The highest BCUT2D eigenvalue weighted by Crippen LogP contribution is 2.19. The summed E-state index contributed by atoms with van der Waals surface area (Å²) < 4.78 is 23.2. The van der Waals surface area contributed by atoms with Crippen LogP contribution in [-0.2, 0) is 19.2 Å². The smallest absolute Gasteiger partial charge is 0.347 e. The fourth-order valence-corrected chi connectivity index (χ4v) is 2.02. The first kappa shape index (κ1) is 20.2. The molecule has 2 aromatic carbocycles. The molecule has 0 heterocycles. The SMILES string of the molecule is COc1ccc(/C=N\OCC(=O)OCC(=O)Nc2cc(Cl)ccc2F)cc1. The van der Waals surface area contributed by atoms with Gasteiger partial charge in [0.05, 0.1) is 19.0 Å². The molecule has 0 saturated heterocycles. The summed E-state index contributed by atoms with van der Waals surface area (Å²) >= 11 is 5.72. The topological polar surface area (TPSA) is 86.2 Å². The maximum Gasteiger partial charge on any atom is 0.347 e. The van der Waals surface area contributed by atoms with Gasteiger partial charge in [-0.2, -0.15) is 0 Å². The van der Waals surface area contributed by atoms with E-state index in [1.165, 1.54) is 18.3 Å². The highest BCUT2D eigenvalue weighted by molar-refractivity contribution is 6.30. The lowest BCUT2D eigenvalue weighted by Crippen LogP contribution is -2.23. The van der Waals surface area contributed by atoms with Crippen molar-refractivity contribution in [3.8, 4) is 5.75 Å². The van der Waals surface area contributed by atoms with Gasteiger partial charge in [0, 0.05) is 5.02 Å². The average molecular weight is 395 g/mol. The second-order valence-corrected chi connectivity index (χ2v) is 5.55. The van der Waals surface area contributed by atoms with E-state index >= 15 is 0 Å². The molecule has 0 spiro atoms. The molecule has 1 N–H and O–H groups in total. The number of carbonyl (C=O) groups is 2. The van der Waals surface area contributed by atoms with Crippen LogP contribution >= 0.6 is 11.6 Å². The van der Waals surface area contributed by atoms with Crippen molar-refractivity contribution >= 4 is 35.4 Å². The van der Waals surface area contributed by atoms with E-state index in [2.05, 4.69) is 10.5 Å². The van der Waals surface area contributed by atoms with Gasteiger partial charge in [-0.3, -0.25) is 4.79 Å². The standard InChI is InChI=1S/C18H16ClFN2O5/c1-25-14-5-2-12(3-6-14)9-21-27-11-18(24)26-10-17(23)22-16-8-13(19)4-7-15(16)20/h2-9H,10-11H2,1H3,(H,22,23)/b21-9-. The van der Waals surface area contributed by atoms with E-state index in [4.69, 9.17) is 25.9 Å². The van der Waals surface area contributed by atoms with E-state index in [9.17, 15) is 14.0 Å². The van der Waals surface area contributed by atoms with Crippen molar-refractivity contribution in [3.05, 3.63) is 58.9 Å². The molecular weight excluding hydrogens is 379 g/mol. The normalized spacial score (nSPS) is 10.5. The predicted molar refractivity (Wildman–Crippen MR) is 97.5 cm³/mol. The van der Waals surface area contributed by atoms with Crippen molar-refractivity contribution in [2.45, 2.75) is 0 Å². The van der Waals surface area contributed by atoms with E-state index < -0.39 is 30.9 Å². The molecule has 0 radical (unpaired) electrons. The number of amides is 1. The quantitative estimate of drug-likeness (QED) is 0.422. The van der Waals surface area contributed by atoms with Gasteiger partial charge in [0.2, 0.25) is 6.61 Å². The van der Waals surface area contributed by atoms with Crippen LogP contribution in [0.1, 0.15) is 5.56 Å². The van der Waals surface area contributed by atoms with Crippen molar-refractivity contribution in [1.82, 2.24) is 0 Å². The number of hydrogen-bond donors (Lipinski definition) is 1. The molecule has 0 saturated carbocycles. The van der Waals surface area contributed by atoms with Gasteiger partial charge in [-0.05, 0) is 48.0 Å². The highest BCUT2D eigenvalue weighted by Gasteiger charge is 2.11. The zero-order valence-electron chi connectivity index (χ0n) is 14.3. The lowest BCUT2D eigenvalue weighted by atomic mass is 10.2. The molecule has 0 bridgehead atoms. The van der Waals surface area contributed by atoms with Gasteiger partial charge >= 0.3 is 5.97 Å². The van der Waals surface area contributed by atoms with Crippen LogP contribution in [0.3, 0.4) is 0 Å². The first-order valence-corrected chi connectivity index (χ1v) is 8.05. The van der Waals surface area contributed by atoms with E-state index in [1.807, 2.05) is 0 Å². The summed E-state index contributed by atoms with van der Waals surface area (Å²) in [5, 5.41) is 6.13. The number of methoxy groups -OCH3 is 1. The Morgan fingerprint density at radius 1 is 1.19 bits per heavy atom. The summed E-state index contributed by atoms with van der Waals surface area (Å²) in [5.41, 5.74) is 0.635. The Hall–Kier alpha value is -3.13. The lowest BCUT2D eigenvalue weighted by Gasteiger charge is -2.07. The minimum atomic E-state index is -0.802. The van der Waals surface area contributed by atoms with Gasteiger partial charge in [0.25, 0.3) is 5.91 Å². The minimum Gasteiger partial charge on any atom is -0.497 e. The Morgan fingerprint density at radius 2 is 1.93 bits per heavy atom. The van der Waals surface area contributed by atoms with Crippen LogP contribution in [-0.4, -0.2) is 38.4 Å². The third-order valence-electron chi connectivity index (χ3n) is 3.14. The third kappa shape index (κ3) is 6.95. The molecule has 0 unspecified atom stereocenters. The maximum atomic E-state index is 13.5. The van der Waals surface area contributed by atoms with E-state index in [0.717, 1.165) is 11.6 Å². The number of carbonyl (C=O) groups excluding carboxylic acids is 2. The molecule has 2 aromatic rings. The zero-order valence-corrected chi connectivity index (χ0v) is 15.0. The van der Waals surface area contributed by atoms with Crippen molar-refractivity contribution < 1.29 is 28.3 Å². The maximum absolute atomic E-state index is 13.5. The van der Waals surface area contributed by atoms with Crippen LogP contribution in [0.25, 0.3) is 0 Å². The van der Waals surface area contributed by atoms with Crippen LogP contribution in [0.5, 0.6) is 5.75 Å². The van der Waals surface area contributed by atoms with Gasteiger partial charge in [0.15, 0.2) is 6.61 Å². The molecule has 2 rings (SSSR count). The molecule has 0 fully saturated rings. The molecule has 0 atom stereocenters. The van der Waals surface area contributed by atoms with Crippen LogP contribution in [0.15, 0.2) is 47.6 Å². The number of nitrogens with zero attached hydrogens (tertiary/aromatic N) is 1. The monoisotopic (exact) mass is 394 g/mol. The number of rotatable bonds is 8. The molecule has 0 aliphatic heterocycles. The number of anilines is 1. The number of esters is 1. The van der Waals surface area contributed by atoms with E-state index in [0.29, 0.717) is 5.75 Å². The lowest BCUT2D eigenvalue weighted by molar-refractivity contribution is -0.151. The Bertz CT molecular complexity index is 827. The first-order chi connectivity index (χ1) is 13.0. The average Bonchev–Trinajstić information content (AvgIpc) is 2.67. The van der Waals surface area contributed by atoms with Crippen LogP contribution < -0.4 is 10.1 Å². The predicted octanol–water partition coefficient (Wildman–Crippen LogP) is 3.02. The highest BCUT2D eigenvalue weighted by atomic mass is 35.5. The van der Waals surface area contributed by atoms with E-state index in [-0.39, 0.29) is 10.7 Å². The fraction of sp³-hybridized carbons (Fsp3) is 0.167. The van der Waals surface area contributed by atoms with Crippen LogP contribution in [0.4, 0.5) is 10.1 Å². The molecule has 7 nitrogen and oxygen atoms in total. The van der Waals surface area contributed by atoms with Gasteiger partial charge in [0.1, 0.15) is 11.6 Å². The summed E-state index contributed by atoms with van der Waals surface area (Å²) in [4.78, 5) is 28.0. The fourth-order valence-electron chi connectivity index (χ4n) is 1.85. The van der Waals surface area contributed by atoms with Gasteiger partial charge in [-0.25, -0.2) is 9.18 Å². The molecule has 9 heteroatoms. The van der Waals surface area contributed by atoms with Crippen molar-refractivity contribution in [2.75, 3.05) is 25.6 Å². The molecule has 142 valence electrons. The summed E-state index contributed by atoms with van der Waals surface area (Å²) in [6.45, 7) is -1.08. The molecule has 1 amide bonds. The molecular formula is C18H16ClFN2O5. The summed E-state index contributed by atoms with van der Waals surface area (Å²) in [7, 11) is 1.56. The van der Waals surface area contributed by atoms with Crippen LogP contribution in [0.2, 0.25) is 5.02 Å². The van der Waals surface area contributed by atoms with E-state index in [1.54, 1.807) is 31.4 Å². The summed E-state index contributed by atoms with van der Waals surface area (Å²) in [6.07, 6.45) is 1.40. The number of halogens is 2. The van der Waals surface area contributed by atoms with Gasteiger partial charge in [-0.15, -0.1) is 0 Å². The third-order valence-corrected chi connectivity index (χ3v) is 3.38. The number of ether oxygens (including phenoxy) is 2. The number of benzene rings is 2. The van der Waals surface area contributed by atoms with Crippen molar-refractivity contribution in [1.29, 1.82) is 0 Å². The molecule has 27 heavy (non-hydrogen) atoms. The van der Waals surface area contributed by atoms with Crippen molar-refractivity contribution in [2.24, 2.45) is 5.16 Å². The van der Waals surface area contributed by atoms with Crippen LogP contribution in [0, 0.1) is 5.82 Å². The number of nitrogens with one attached hydrogen (secondary N) is 1. The number of hydrogen-bond acceptors (Lipinski definition) is 6.